The number of carbonyl (C=O) groups is 1. The number of phenols is 1. The van der Waals surface area contributed by atoms with Crippen molar-refractivity contribution in [1.82, 2.24) is 0 Å². The van der Waals surface area contributed by atoms with E-state index in [-0.39, 0.29) is 17.1 Å². The van der Waals surface area contributed by atoms with Crippen LogP contribution in [0.3, 0.4) is 0 Å². The average molecular weight is 337 g/mol. The van der Waals surface area contributed by atoms with E-state index in [2.05, 4.69) is 5.32 Å². The van der Waals surface area contributed by atoms with Gasteiger partial charge in [-0.15, -0.1) is 0 Å². The second-order valence-electron chi connectivity index (χ2n) is 5.63. The molecule has 0 radical (unpaired) electrons. The Morgan fingerprint density at radius 1 is 0.920 bits per heavy atom. The summed E-state index contributed by atoms with van der Waals surface area (Å²) >= 11 is 0. The van der Waals surface area contributed by atoms with Gasteiger partial charge in [0.15, 0.2) is 0 Å². The number of nitrogens with one attached hydrogen (secondary N) is 1. The summed E-state index contributed by atoms with van der Waals surface area (Å²) in [5, 5.41) is 21.7. The van der Waals surface area contributed by atoms with Gasteiger partial charge in [0.2, 0.25) is 0 Å². The maximum absolute atomic E-state index is 13.0. The Bertz CT molecular complexity index is 890. The van der Waals surface area contributed by atoms with E-state index in [9.17, 15) is 14.3 Å². The van der Waals surface area contributed by atoms with E-state index in [4.69, 9.17) is 5.11 Å². The largest absolute Gasteiger partial charge is 0.508 e. The molecule has 0 aliphatic heterocycles. The van der Waals surface area contributed by atoms with Gasteiger partial charge in [-0.1, -0.05) is 36.4 Å². The van der Waals surface area contributed by atoms with Crippen LogP contribution in [-0.4, -0.2) is 16.2 Å². The fourth-order valence-corrected chi connectivity index (χ4v) is 2.50. The van der Waals surface area contributed by atoms with Crippen molar-refractivity contribution in [3.63, 3.8) is 0 Å². The summed E-state index contributed by atoms with van der Waals surface area (Å²) in [7, 11) is 0. The minimum Gasteiger partial charge on any atom is -0.508 e. The van der Waals surface area contributed by atoms with Gasteiger partial charge in [-0.25, -0.2) is 9.18 Å². The number of phenolic OH excluding ortho intramolecular Hbond substituents is 1. The van der Waals surface area contributed by atoms with Crippen LogP contribution in [0.4, 0.5) is 10.1 Å². The molecule has 4 nitrogen and oxygen atoms in total. The summed E-state index contributed by atoms with van der Waals surface area (Å²) < 4.78 is 13.0. The van der Waals surface area contributed by atoms with Crippen LogP contribution in [0.2, 0.25) is 0 Å². The first-order chi connectivity index (χ1) is 12.0. The van der Waals surface area contributed by atoms with Crippen LogP contribution < -0.4 is 5.32 Å². The molecule has 25 heavy (non-hydrogen) atoms. The molecule has 0 bridgehead atoms. The monoisotopic (exact) mass is 337 g/mol. The fraction of sp³-hybridized carbons (Fsp3) is 0.0500. The predicted molar refractivity (Wildman–Crippen MR) is 94.2 cm³/mol. The SMILES string of the molecule is O=C(O)c1cc(O)cc(NCc2ccc(-c3ccc(F)cc3)cc2)c1. The second-order valence-corrected chi connectivity index (χ2v) is 5.63. The lowest BCUT2D eigenvalue weighted by atomic mass is 10.0. The molecule has 0 saturated heterocycles. The number of rotatable bonds is 5. The maximum Gasteiger partial charge on any atom is 0.335 e. The Labute approximate surface area is 144 Å². The summed E-state index contributed by atoms with van der Waals surface area (Å²) in [6.45, 7) is 0.478. The van der Waals surface area contributed by atoms with Crippen LogP contribution >= 0.6 is 0 Å². The second kappa shape index (κ2) is 7.05. The highest BCUT2D eigenvalue weighted by Crippen LogP contribution is 2.22. The van der Waals surface area contributed by atoms with E-state index in [1.165, 1.54) is 30.3 Å². The predicted octanol–water partition coefficient (Wildman–Crippen LogP) is 4.51. The number of hydrogen-bond donors (Lipinski definition) is 3. The first-order valence-electron chi connectivity index (χ1n) is 7.67. The van der Waals surface area contributed by atoms with Gasteiger partial charge >= 0.3 is 5.97 Å². The molecule has 0 fully saturated rings. The van der Waals surface area contributed by atoms with Crippen molar-refractivity contribution in [2.45, 2.75) is 6.54 Å². The lowest BCUT2D eigenvalue weighted by molar-refractivity contribution is 0.0696. The van der Waals surface area contributed by atoms with E-state index in [0.717, 1.165) is 16.7 Å². The van der Waals surface area contributed by atoms with E-state index < -0.39 is 5.97 Å². The highest BCUT2D eigenvalue weighted by molar-refractivity contribution is 5.89. The van der Waals surface area contributed by atoms with Crippen molar-refractivity contribution in [3.8, 4) is 16.9 Å². The van der Waals surface area contributed by atoms with Gasteiger partial charge in [0.25, 0.3) is 0 Å². The number of anilines is 1. The van der Waals surface area contributed by atoms with Crippen molar-refractivity contribution in [2.75, 3.05) is 5.32 Å². The maximum atomic E-state index is 13.0. The summed E-state index contributed by atoms with van der Waals surface area (Å²) in [6, 6.07) is 18.2. The summed E-state index contributed by atoms with van der Waals surface area (Å²) in [5.74, 6) is -1.46. The summed E-state index contributed by atoms with van der Waals surface area (Å²) in [4.78, 5) is 11.0. The minimum absolute atomic E-state index is 0.0224. The number of aromatic carboxylic acids is 1. The molecule has 126 valence electrons. The standard InChI is InChI=1S/C20H16FNO3/c21-17-7-5-15(6-8-17)14-3-1-13(2-4-14)12-22-18-9-16(20(24)25)10-19(23)11-18/h1-11,22-23H,12H2,(H,24,25). The van der Waals surface area contributed by atoms with Gasteiger partial charge in [-0.05, 0) is 41.0 Å². The minimum atomic E-state index is -1.09. The first kappa shape index (κ1) is 16.5. The van der Waals surface area contributed by atoms with Gasteiger partial charge in [-0.2, -0.15) is 0 Å². The Morgan fingerprint density at radius 2 is 1.52 bits per heavy atom. The molecular weight excluding hydrogens is 321 g/mol. The Morgan fingerprint density at radius 3 is 2.12 bits per heavy atom. The molecule has 0 heterocycles. The van der Waals surface area contributed by atoms with Crippen molar-refractivity contribution in [1.29, 1.82) is 0 Å². The third-order valence-corrected chi connectivity index (χ3v) is 3.79. The third kappa shape index (κ3) is 4.14. The van der Waals surface area contributed by atoms with E-state index in [0.29, 0.717) is 12.2 Å². The van der Waals surface area contributed by atoms with Crippen molar-refractivity contribution >= 4 is 11.7 Å². The summed E-state index contributed by atoms with van der Waals surface area (Å²) in [5.41, 5.74) is 3.45. The van der Waals surface area contributed by atoms with Crippen LogP contribution in [0.25, 0.3) is 11.1 Å². The van der Waals surface area contributed by atoms with Crippen LogP contribution in [0.15, 0.2) is 66.7 Å². The molecule has 0 aliphatic carbocycles. The molecule has 5 heteroatoms. The van der Waals surface area contributed by atoms with E-state index >= 15 is 0 Å². The van der Waals surface area contributed by atoms with Gasteiger partial charge in [0.05, 0.1) is 5.56 Å². The number of carboxylic acid groups (broad SMARTS) is 1. The molecule has 0 aliphatic rings. The normalized spacial score (nSPS) is 10.4. The zero-order valence-corrected chi connectivity index (χ0v) is 13.2. The number of carboxylic acids is 1. The van der Waals surface area contributed by atoms with Crippen LogP contribution in [0.1, 0.15) is 15.9 Å². The number of aromatic hydroxyl groups is 1. The van der Waals surface area contributed by atoms with Gasteiger partial charge < -0.3 is 15.5 Å². The zero-order chi connectivity index (χ0) is 17.8. The Kier molecular flexibility index (Phi) is 4.66. The molecule has 0 unspecified atom stereocenters. The molecule has 3 rings (SSSR count). The average Bonchev–Trinajstić information content (AvgIpc) is 2.61. The first-order valence-corrected chi connectivity index (χ1v) is 7.67. The van der Waals surface area contributed by atoms with Crippen LogP contribution in [0.5, 0.6) is 5.75 Å². The van der Waals surface area contributed by atoms with Crippen molar-refractivity contribution < 1.29 is 19.4 Å². The molecule has 3 aromatic carbocycles. The zero-order valence-electron chi connectivity index (χ0n) is 13.2. The highest BCUT2D eigenvalue weighted by atomic mass is 19.1. The quantitative estimate of drug-likeness (QED) is 0.641. The number of halogens is 1. The van der Waals surface area contributed by atoms with Crippen LogP contribution in [0, 0.1) is 5.82 Å². The fourth-order valence-electron chi connectivity index (χ4n) is 2.50. The molecule has 0 aromatic heterocycles. The van der Waals surface area contributed by atoms with E-state index in [1.807, 2.05) is 24.3 Å². The third-order valence-electron chi connectivity index (χ3n) is 3.79. The van der Waals surface area contributed by atoms with E-state index in [1.54, 1.807) is 12.1 Å². The van der Waals surface area contributed by atoms with Gasteiger partial charge in [-0.3, -0.25) is 0 Å². The molecule has 0 atom stereocenters. The molecular formula is C20H16FNO3. The molecule has 0 saturated carbocycles. The van der Waals surface area contributed by atoms with Crippen molar-refractivity contribution in [2.24, 2.45) is 0 Å². The lowest BCUT2D eigenvalue weighted by Crippen LogP contribution is -2.02. The molecule has 3 aromatic rings. The summed E-state index contributed by atoms with van der Waals surface area (Å²) in [6.07, 6.45) is 0. The topological polar surface area (TPSA) is 69.6 Å². The highest BCUT2D eigenvalue weighted by Gasteiger charge is 2.06. The molecule has 0 amide bonds. The van der Waals surface area contributed by atoms with Crippen LogP contribution in [-0.2, 0) is 6.54 Å². The lowest BCUT2D eigenvalue weighted by Gasteiger charge is -2.09. The van der Waals surface area contributed by atoms with Gasteiger partial charge in [0, 0.05) is 18.3 Å². The molecule has 3 N–H and O–H groups in total. The number of hydrogen-bond acceptors (Lipinski definition) is 3. The Balaban J connectivity index is 1.70. The van der Waals surface area contributed by atoms with Gasteiger partial charge in [0.1, 0.15) is 11.6 Å². The molecule has 0 spiro atoms. The number of benzene rings is 3. The Hall–Kier alpha value is -3.34. The van der Waals surface area contributed by atoms with Crippen molar-refractivity contribution in [3.05, 3.63) is 83.7 Å². The smallest absolute Gasteiger partial charge is 0.335 e.